The van der Waals surface area contributed by atoms with Crippen molar-refractivity contribution >= 4 is 11.8 Å². The van der Waals surface area contributed by atoms with Crippen molar-refractivity contribution in [3.05, 3.63) is 0 Å². The van der Waals surface area contributed by atoms with E-state index in [0.29, 0.717) is 26.1 Å². The van der Waals surface area contributed by atoms with Gasteiger partial charge in [-0.2, -0.15) is 0 Å². The highest BCUT2D eigenvalue weighted by Gasteiger charge is 2.20. The molecule has 6 heteroatoms. The van der Waals surface area contributed by atoms with Crippen LogP contribution in [0.1, 0.15) is 19.3 Å². The second-order valence-corrected chi connectivity index (χ2v) is 4.43. The minimum absolute atomic E-state index is 0.0480. The maximum atomic E-state index is 11.7. The van der Waals surface area contributed by atoms with Gasteiger partial charge in [0.05, 0.1) is 12.5 Å². The van der Waals surface area contributed by atoms with Crippen molar-refractivity contribution in [1.29, 1.82) is 0 Å². The van der Waals surface area contributed by atoms with E-state index in [0.717, 1.165) is 25.9 Å². The average Bonchev–Trinajstić information content (AvgIpc) is 2.40. The van der Waals surface area contributed by atoms with Gasteiger partial charge in [0.1, 0.15) is 0 Å². The molecule has 1 atom stereocenters. The van der Waals surface area contributed by atoms with Crippen LogP contribution < -0.4 is 16.0 Å². The Bertz CT molecular complexity index is 265. The van der Waals surface area contributed by atoms with Crippen molar-refractivity contribution in [2.24, 2.45) is 5.92 Å². The molecule has 1 saturated heterocycles. The normalized spacial score (nSPS) is 19.3. The summed E-state index contributed by atoms with van der Waals surface area (Å²) in [6.07, 6.45) is 2.28. The van der Waals surface area contributed by atoms with E-state index < -0.39 is 0 Å². The second kappa shape index (κ2) is 8.88. The molecule has 2 amide bonds. The summed E-state index contributed by atoms with van der Waals surface area (Å²) in [4.78, 5) is 23.1. The van der Waals surface area contributed by atoms with Gasteiger partial charge in [-0.3, -0.25) is 9.59 Å². The second-order valence-electron chi connectivity index (χ2n) is 4.43. The first-order valence-corrected chi connectivity index (χ1v) is 6.48. The number of hydrogen-bond acceptors (Lipinski definition) is 4. The Labute approximate surface area is 108 Å². The van der Waals surface area contributed by atoms with Crippen LogP contribution in [-0.2, 0) is 14.3 Å². The number of carbonyl (C=O) groups excluding carboxylic acids is 2. The van der Waals surface area contributed by atoms with Gasteiger partial charge in [-0.15, -0.1) is 0 Å². The van der Waals surface area contributed by atoms with Gasteiger partial charge in [0.15, 0.2) is 0 Å². The molecule has 3 N–H and O–H groups in total. The third kappa shape index (κ3) is 5.97. The Morgan fingerprint density at radius 3 is 2.83 bits per heavy atom. The molecule has 1 heterocycles. The molecule has 104 valence electrons. The van der Waals surface area contributed by atoms with Crippen LogP contribution in [0.15, 0.2) is 0 Å². The van der Waals surface area contributed by atoms with Crippen LogP contribution in [0.2, 0.25) is 0 Å². The van der Waals surface area contributed by atoms with Crippen LogP contribution in [0.25, 0.3) is 0 Å². The highest BCUT2D eigenvalue weighted by atomic mass is 16.5. The number of amides is 2. The van der Waals surface area contributed by atoms with Gasteiger partial charge in [0.2, 0.25) is 11.8 Å². The van der Waals surface area contributed by atoms with Gasteiger partial charge >= 0.3 is 0 Å². The summed E-state index contributed by atoms with van der Waals surface area (Å²) in [5.41, 5.74) is 0. The van der Waals surface area contributed by atoms with Crippen LogP contribution in [0.4, 0.5) is 0 Å². The van der Waals surface area contributed by atoms with E-state index in [4.69, 9.17) is 4.74 Å². The number of piperidine rings is 1. The molecule has 0 aromatic rings. The van der Waals surface area contributed by atoms with E-state index in [-0.39, 0.29) is 17.7 Å². The van der Waals surface area contributed by atoms with Gasteiger partial charge < -0.3 is 20.7 Å². The Morgan fingerprint density at radius 2 is 2.17 bits per heavy atom. The van der Waals surface area contributed by atoms with E-state index in [9.17, 15) is 9.59 Å². The van der Waals surface area contributed by atoms with E-state index >= 15 is 0 Å². The first kappa shape index (κ1) is 14.9. The molecule has 0 aliphatic carbocycles. The number of hydrogen-bond donors (Lipinski definition) is 3. The van der Waals surface area contributed by atoms with Gasteiger partial charge in [0.25, 0.3) is 0 Å². The summed E-state index contributed by atoms with van der Waals surface area (Å²) in [7, 11) is 1.59. The minimum Gasteiger partial charge on any atom is -0.383 e. The van der Waals surface area contributed by atoms with E-state index in [2.05, 4.69) is 16.0 Å². The van der Waals surface area contributed by atoms with Crippen LogP contribution >= 0.6 is 0 Å². The zero-order chi connectivity index (χ0) is 13.2. The van der Waals surface area contributed by atoms with Gasteiger partial charge in [-0.1, -0.05) is 0 Å². The molecule has 0 radical (unpaired) electrons. The summed E-state index contributed by atoms with van der Waals surface area (Å²) in [6, 6.07) is 0. The molecule has 1 fully saturated rings. The smallest absolute Gasteiger partial charge is 0.224 e. The molecule has 0 saturated carbocycles. The Balaban J connectivity index is 2.05. The molecule has 6 nitrogen and oxygen atoms in total. The van der Waals surface area contributed by atoms with Crippen molar-refractivity contribution < 1.29 is 14.3 Å². The van der Waals surface area contributed by atoms with Crippen LogP contribution in [0, 0.1) is 5.92 Å². The molecule has 1 rings (SSSR count). The highest BCUT2D eigenvalue weighted by molar-refractivity contribution is 5.80. The van der Waals surface area contributed by atoms with E-state index in [1.54, 1.807) is 7.11 Å². The fraction of sp³-hybridized carbons (Fsp3) is 0.833. The number of nitrogens with one attached hydrogen (secondary N) is 3. The molecule has 18 heavy (non-hydrogen) atoms. The largest absolute Gasteiger partial charge is 0.383 e. The van der Waals surface area contributed by atoms with Crippen molar-refractivity contribution in [2.45, 2.75) is 19.3 Å². The first-order valence-electron chi connectivity index (χ1n) is 6.48. The lowest BCUT2D eigenvalue weighted by atomic mass is 9.99. The van der Waals surface area contributed by atoms with Crippen molar-refractivity contribution in [3.8, 4) is 0 Å². The van der Waals surface area contributed by atoms with Gasteiger partial charge in [-0.25, -0.2) is 0 Å². The Hall–Kier alpha value is -1.14. The predicted octanol–water partition coefficient (Wildman–Crippen LogP) is -0.745. The quantitative estimate of drug-likeness (QED) is 0.525. The zero-order valence-electron chi connectivity index (χ0n) is 11.0. The number of ether oxygens (including phenoxy) is 1. The summed E-state index contributed by atoms with van der Waals surface area (Å²) in [6.45, 7) is 3.15. The molecule has 0 spiro atoms. The SMILES string of the molecule is COCCNC(=O)CCNC(=O)C1CCCNC1. The molecule has 0 bridgehead atoms. The molecule has 1 aliphatic rings. The topological polar surface area (TPSA) is 79.5 Å². The molecule has 0 aromatic carbocycles. The number of carbonyl (C=O) groups is 2. The maximum absolute atomic E-state index is 11.7. The summed E-state index contributed by atoms with van der Waals surface area (Å²) >= 11 is 0. The fourth-order valence-corrected chi connectivity index (χ4v) is 1.90. The molecule has 1 aliphatic heterocycles. The summed E-state index contributed by atoms with van der Waals surface area (Å²) in [5.74, 6) is 0.0383. The lowest BCUT2D eigenvalue weighted by Crippen LogP contribution is -2.41. The Morgan fingerprint density at radius 1 is 1.33 bits per heavy atom. The minimum atomic E-state index is -0.0610. The average molecular weight is 257 g/mol. The lowest BCUT2D eigenvalue weighted by molar-refractivity contribution is -0.125. The molecular formula is C12H23N3O3. The third-order valence-electron chi connectivity index (χ3n) is 2.95. The molecular weight excluding hydrogens is 234 g/mol. The van der Waals surface area contributed by atoms with Crippen LogP contribution in [0.3, 0.4) is 0 Å². The van der Waals surface area contributed by atoms with E-state index in [1.807, 2.05) is 0 Å². The van der Waals surface area contributed by atoms with E-state index in [1.165, 1.54) is 0 Å². The number of methoxy groups -OCH3 is 1. The highest BCUT2D eigenvalue weighted by Crippen LogP contribution is 2.09. The number of rotatable bonds is 7. The van der Waals surface area contributed by atoms with Crippen LogP contribution in [-0.4, -0.2) is 51.7 Å². The monoisotopic (exact) mass is 257 g/mol. The predicted molar refractivity (Wildman–Crippen MR) is 68.1 cm³/mol. The third-order valence-corrected chi connectivity index (χ3v) is 2.95. The first-order chi connectivity index (χ1) is 8.74. The maximum Gasteiger partial charge on any atom is 0.224 e. The zero-order valence-corrected chi connectivity index (χ0v) is 11.0. The summed E-state index contributed by atoms with van der Waals surface area (Å²) in [5, 5.41) is 8.71. The fourth-order valence-electron chi connectivity index (χ4n) is 1.90. The van der Waals surface area contributed by atoms with Crippen molar-refractivity contribution in [3.63, 3.8) is 0 Å². The molecule has 1 unspecified atom stereocenters. The standard InChI is InChI=1S/C12H23N3O3/c1-18-8-7-14-11(16)4-6-15-12(17)10-3-2-5-13-9-10/h10,13H,2-9H2,1H3,(H,14,16)(H,15,17). The van der Waals surface area contributed by atoms with Crippen molar-refractivity contribution in [1.82, 2.24) is 16.0 Å². The van der Waals surface area contributed by atoms with Crippen molar-refractivity contribution in [2.75, 3.05) is 39.9 Å². The van der Waals surface area contributed by atoms with Gasteiger partial charge in [-0.05, 0) is 19.4 Å². The lowest BCUT2D eigenvalue weighted by Gasteiger charge is -2.21. The Kier molecular flexibility index (Phi) is 7.36. The van der Waals surface area contributed by atoms with Crippen LogP contribution in [0.5, 0.6) is 0 Å². The van der Waals surface area contributed by atoms with Gasteiger partial charge in [0, 0.05) is 33.2 Å². The molecule has 0 aromatic heterocycles. The summed E-state index contributed by atoms with van der Waals surface area (Å²) < 4.78 is 4.82.